The molecular formula is C34H41N4P. The standard InChI is InChI=1S/C34H41N4P/c1-5-15-39(16-6-2)29-22-38(23-29)21-27-13-14-32(31-10-8-7-9-30(27)31)34-36-20-33(37-34)26-12-11-25(17-24(3)4)28(18-26)19-35/h7-14,18,24,29H,5-6,15-17,20-23H2,1-4H3. The van der Waals surface area contributed by atoms with Crippen molar-refractivity contribution in [3.8, 4) is 6.07 Å². The van der Waals surface area contributed by atoms with Crippen molar-refractivity contribution < 1.29 is 0 Å². The van der Waals surface area contributed by atoms with E-state index >= 15 is 0 Å². The first kappa shape index (κ1) is 27.7. The van der Waals surface area contributed by atoms with Crippen molar-refractivity contribution in [2.45, 2.75) is 59.2 Å². The molecule has 0 amide bonds. The first-order valence-corrected chi connectivity index (χ1v) is 16.4. The number of benzene rings is 3. The van der Waals surface area contributed by atoms with Crippen molar-refractivity contribution in [3.05, 3.63) is 82.4 Å². The fraction of sp³-hybridized carbons (Fsp3) is 0.441. The van der Waals surface area contributed by atoms with Gasteiger partial charge in [-0.15, -0.1) is 7.92 Å². The fourth-order valence-electron chi connectivity index (χ4n) is 6.02. The number of nitriles is 1. The molecule has 1 saturated heterocycles. The van der Waals surface area contributed by atoms with Gasteiger partial charge in [0, 0.05) is 30.9 Å². The van der Waals surface area contributed by atoms with Crippen LogP contribution in [0.2, 0.25) is 0 Å². The molecule has 2 heterocycles. The molecule has 0 unspecified atom stereocenters. The van der Waals surface area contributed by atoms with E-state index < -0.39 is 0 Å². The van der Waals surface area contributed by atoms with Crippen LogP contribution >= 0.6 is 7.92 Å². The summed E-state index contributed by atoms with van der Waals surface area (Å²) < 4.78 is 0. The summed E-state index contributed by atoms with van der Waals surface area (Å²) in [5.74, 6) is 1.31. The van der Waals surface area contributed by atoms with Crippen LogP contribution in [-0.4, -0.2) is 54.1 Å². The molecule has 0 bridgehead atoms. The monoisotopic (exact) mass is 536 g/mol. The lowest BCUT2D eigenvalue weighted by molar-refractivity contribution is 0.179. The number of likely N-dealkylation sites (tertiary alicyclic amines) is 1. The molecule has 39 heavy (non-hydrogen) atoms. The van der Waals surface area contributed by atoms with E-state index in [1.807, 2.05) is 6.07 Å². The summed E-state index contributed by atoms with van der Waals surface area (Å²) in [5.41, 5.74) is 7.20. The van der Waals surface area contributed by atoms with Gasteiger partial charge in [-0.3, -0.25) is 9.89 Å². The van der Waals surface area contributed by atoms with Crippen molar-refractivity contribution in [1.29, 1.82) is 5.26 Å². The van der Waals surface area contributed by atoms with E-state index in [0.29, 0.717) is 12.5 Å². The van der Waals surface area contributed by atoms with Gasteiger partial charge in [-0.05, 0) is 58.2 Å². The summed E-state index contributed by atoms with van der Waals surface area (Å²) in [6.07, 6.45) is 6.43. The number of amidine groups is 1. The summed E-state index contributed by atoms with van der Waals surface area (Å²) in [5, 5.41) is 12.3. The van der Waals surface area contributed by atoms with Gasteiger partial charge in [0.1, 0.15) is 0 Å². The smallest absolute Gasteiger partial charge is 0.155 e. The minimum absolute atomic E-state index is 0.194. The lowest BCUT2D eigenvalue weighted by Crippen LogP contribution is -2.49. The second-order valence-electron chi connectivity index (χ2n) is 11.5. The third-order valence-corrected chi connectivity index (χ3v) is 11.3. The minimum atomic E-state index is 0.194. The quantitative estimate of drug-likeness (QED) is 0.236. The van der Waals surface area contributed by atoms with E-state index in [9.17, 15) is 5.26 Å². The van der Waals surface area contributed by atoms with E-state index in [-0.39, 0.29) is 7.92 Å². The normalized spacial score (nSPS) is 16.0. The van der Waals surface area contributed by atoms with Gasteiger partial charge >= 0.3 is 0 Å². The maximum Gasteiger partial charge on any atom is 0.155 e. The van der Waals surface area contributed by atoms with Crippen molar-refractivity contribution in [1.82, 2.24) is 4.90 Å². The van der Waals surface area contributed by atoms with Gasteiger partial charge in [-0.1, -0.05) is 89.1 Å². The molecule has 0 saturated carbocycles. The molecule has 1 fully saturated rings. The van der Waals surface area contributed by atoms with Crippen LogP contribution in [0.25, 0.3) is 10.8 Å². The third-order valence-electron chi connectivity index (χ3n) is 7.94. The van der Waals surface area contributed by atoms with E-state index in [1.165, 1.54) is 54.6 Å². The Morgan fingerprint density at radius 2 is 1.69 bits per heavy atom. The summed E-state index contributed by atoms with van der Waals surface area (Å²) in [6.45, 7) is 13.1. The average Bonchev–Trinajstić information content (AvgIpc) is 3.40. The van der Waals surface area contributed by atoms with Gasteiger partial charge in [0.2, 0.25) is 0 Å². The molecular weight excluding hydrogens is 495 g/mol. The van der Waals surface area contributed by atoms with Crippen LogP contribution in [0.3, 0.4) is 0 Å². The molecule has 5 heteroatoms. The number of hydrogen-bond acceptors (Lipinski definition) is 4. The number of fused-ring (bicyclic) bond motifs is 1. The Labute approximate surface area is 235 Å². The molecule has 5 rings (SSSR count). The van der Waals surface area contributed by atoms with Crippen molar-refractivity contribution in [2.24, 2.45) is 15.9 Å². The molecule has 0 aromatic heterocycles. The topological polar surface area (TPSA) is 51.8 Å². The van der Waals surface area contributed by atoms with Crippen LogP contribution in [-0.2, 0) is 13.0 Å². The van der Waals surface area contributed by atoms with Crippen LogP contribution in [0.5, 0.6) is 0 Å². The highest BCUT2D eigenvalue weighted by molar-refractivity contribution is 7.58. The summed E-state index contributed by atoms with van der Waals surface area (Å²) in [6, 6.07) is 21.8. The Balaban J connectivity index is 1.34. The minimum Gasteiger partial charge on any atom is -0.298 e. The number of hydrogen-bond donors (Lipinski definition) is 0. The van der Waals surface area contributed by atoms with Crippen LogP contribution in [0.15, 0.2) is 64.6 Å². The lowest BCUT2D eigenvalue weighted by atomic mass is 9.95. The molecule has 0 N–H and O–H groups in total. The molecule has 3 aromatic carbocycles. The Hall–Kier alpha value is -2.86. The van der Waals surface area contributed by atoms with Crippen LogP contribution in [0, 0.1) is 17.2 Å². The van der Waals surface area contributed by atoms with Crippen LogP contribution < -0.4 is 0 Å². The van der Waals surface area contributed by atoms with E-state index in [4.69, 9.17) is 9.98 Å². The highest BCUT2D eigenvalue weighted by Crippen LogP contribution is 2.47. The molecule has 4 nitrogen and oxygen atoms in total. The van der Waals surface area contributed by atoms with Crippen molar-refractivity contribution in [3.63, 3.8) is 0 Å². The highest BCUT2D eigenvalue weighted by atomic mass is 31.1. The Morgan fingerprint density at radius 3 is 2.38 bits per heavy atom. The van der Waals surface area contributed by atoms with Gasteiger partial charge in [0.05, 0.1) is 23.9 Å². The Kier molecular flexibility index (Phi) is 8.91. The molecule has 0 atom stereocenters. The molecule has 0 radical (unpaired) electrons. The van der Waals surface area contributed by atoms with Gasteiger partial charge < -0.3 is 0 Å². The van der Waals surface area contributed by atoms with Gasteiger partial charge in [0.15, 0.2) is 5.84 Å². The Morgan fingerprint density at radius 1 is 0.974 bits per heavy atom. The first-order valence-electron chi connectivity index (χ1n) is 14.6. The van der Waals surface area contributed by atoms with E-state index in [2.05, 4.69) is 87.2 Å². The third kappa shape index (κ3) is 6.16. The first-order chi connectivity index (χ1) is 19.0. The lowest BCUT2D eigenvalue weighted by Gasteiger charge is -2.44. The number of rotatable bonds is 11. The summed E-state index contributed by atoms with van der Waals surface area (Å²) in [7, 11) is 0.194. The van der Waals surface area contributed by atoms with Crippen molar-refractivity contribution >= 4 is 30.2 Å². The van der Waals surface area contributed by atoms with Gasteiger partial charge in [-0.25, -0.2) is 4.99 Å². The average molecular weight is 537 g/mol. The van der Waals surface area contributed by atoms with Crippen LogP contribution in [0.1, 0.15) is 68.4 Å². The summed E-state index contributed by atoms with van der Waals surface area (Å²) >= 11 is 0. The van der Waals surface area contributed by atoms with Gasteiger partial charge in [-0.2, -0.15) is 5.26 Å². The maximum atomic E-state index is 9.73. The maximum absolute atomic E-state index is 9.73. The molecule has 3 aromatic rings. The Bertz CT molecular complexity index is 1420. The molecule has 2 aliphatic rings. The second kappa shape index (κ2) is 12.5. The zero-order valence-corrected chi connectivity index (χ0v) is 24.8. The van der Waals surface area contributed by atoms with Crippen molar-refractivity contribution in [2.75, 3.05) is 32.0 Å². The summed E-state index contributed by atoms with van der Waals surface area (Å²) in [4.78, 5) is 12.5. The molecule has 0 aliphatic carbocycles. The SMILES string of the molecule is CCCP(CCC)C1CN(Cc2ccc(C3=NCC(c4ccc(CC(C)C)c(C#N)c4)=N3)c3ccccc23)C1. The zero-order chi connectivity index (χ0) is 27.4. The second-order valence-corrected chi connectivity index (χ2v) is 14.3. The largest absolute Gasteiger partial charge is 0.298 e. The molecule has 2 aliphatic heterocycles. The highest BCUT2D eigenvalue weighted by Gasteiger charge is 2.32. The van der Waals surface area contributed by atoms with E-state index in [0.717, 1.165) is 52.4 Å². The van der Waals surface area contributed by atoms with E-state index in [1.54, 1.807) is 0 Å². The predicted molar refractivity (Wildman–Crippen MR) is 168 cm³/mol. The molecule has 0 spiro atoms. The van der Waals surface area contributed by atoms with Gasteiger partial charge in [0.25, 0.3) is 0 Å². The predicted octanol–water partition coefficient (Wildman–Crippen LogP) is 7.65. The molecule has 202 valence electrons. The number of nitrogens with zero attached hydrogens (tertiary/aromatic N) is 4. The zero-order valence-electron chi connectivity index (χ0n) is 24.0. The van der Waals surface area contributed by atoms with Crippen LogP contribution in [0.4, 0.5) is 0 Å². The number of aliphatic imine (C=N–C) groups is 2. The fourth-order valence-corrected chi connectivity index (χ4v) is 9.04.